The number of hydrogen-bond acceptors (Lipinski definition) is 2. The molecule has 0 radical (unpaired) electrons. The van der Waals surface area contributed by atoms with Gasteiger partial charge in [-0.15, -0.1) is 0 Å². The van der Waals surface area contributed by atoms with Crippen molar-refractivity contribution in [2.45, 2.75) is 13.5 Å². The summed E-state index contributed by atoms with van der Waals surface area (Å²) in [4.78, 5) is 4.23. The molecule has 0 saturated heterocycles. The first-order chi connectivity index (χ1) is 5.83. The second-order valence-electron chi connectivity index (χ2n) is 2.81. The van der Waals surface area contributed by atoms with Crippen LogP contribution in [0.4, 0.5) is 0 Å². The Balaban J connectivity index is 2.83. The average molecular weight is 161 g/mol. The highest BCUT2D eigenvalue weighted by Crippen LogP contribution is 2.08. The van der Waals surface area contributed by atoms with Gasteiger partial charge in [0.05, 0.1) is 11.9 Å². The van der Waals surface area contributed by atoms with Crippen molar-refractivity contribution in [3.63, 3.8) is 0 Å². The molecule has 0 bridgehead atoms. The largest absolute Gasteiger partial charge is 0.325 e. The maximum Gasteiger partial charge on any atom is 0.137 e. The summed E-state index contributed by atoms with van der Waals surface area (Å²) in [5.41, 5.74) is 8.77. The Bertz CT molecular complexity index is 403. The fraction of sp³-hybridized carbons (Fsp3) is 0.222. The summed E-state index contributed by atoms with van der Waals surface area (Å²) in [6.07, 6.45) is 1.82. The molecule has 0 aliphatic heterocycles. The summed E-state index contributed by atoms with van der Waals surface area (Å²) in [6, 6.07) is 6.03. The third kappa shape index (κ3) is 0.905. The Hall–Kier alpha value is -1.35. The van der Waals surface area contributed by atoms with Crippen LogP contribution < -0.4 is 5.73 Å². The molecule has 12 heavy (non-hydrogen) atoms. The number of rotatable bonds is 1. The second kappa shape index (κ2) is 2.60. The minimum Gasteiger partial charge on any atom is -0.325 e. The van der Waals surface area contributed by atoms with Crippen LogP contribution in [0.15, 0.2) is 24.4 Å². The highest BCUT2D eigenvalue weighted by Gasteiger charge is 2.01. The first kappa shape index (κ1) is 7.31. The lowest BCUT2D eigenvalue weighted by atomic mass is 10.3. The van der Waals surface area contributed by atoms with E-state index in [-0.39, 0.29) is 0 Å². The van der Waals surface area contributed by atoms with E-state index in [9.17, 15) is 0 Å². The SMILES string of the molecule is Cc1cccc2ncc(CN)n12. The van der Waals surface area contributed by atoms with E-state index >= 15 is 0 Å². The van der Waals surface area contributed by atoms with E-state index in [0.717, 1.165) is 11.3 Å². The van der Waals surface area contributed by atoms with Crippen LogP contribution in [0.25, 0.3) is 5.65 Å². The quantitative estimate of drug-likeness (QED) is 0.680. The van der Waals surface area contributed by atoms with Crippen LogP contribution in [0.5, 0.6) is 0 Å². The van der Waals surface area contributed by atoms with Gasteiger partial charge in [0.1, 0.15) is 5.65 Å². The van der Waals surface area contributed by atoms with Gasteiger partial charge in [-0.1, -0.05) is 6.07 Å². The molecular weight excluding hydrogens is 150 g/mol. The summed E-state index contributed by atoms with van der Waals surface area (Å²) < 4.78 is 2.07. The number of fused-ring (bicyclic) bond motifs is 1. The molecule has 62 valence electrons. The van der Waals surface area contributed by atoms with Crippen molar-refractivity contribution >= 4 is 5.65 Å². The number of hydrogen-bond donors (Lipinski definition) is 1. The number of pyridine rings is 1. The number of nitrogens with two attached hydrogens (primary N) is 1. The van der Waals surface area contributed by atoms with E-state index in [1.165, 1.54) is 5.69 Å². The Kier molecular flexibility index (Phi) is 1.59. The molecule has 2 aromatic rings. The summed E-state index contributed by atoms with van der Waals surface area (Å²) in [5.74, 6) is 0. The van der Waals surface area contributed by atoms with E-state index in [1.54, 1.807) is 0 Å². The van der Waals surface area contributed by atoms with E-state index < -0.39 is 0 Å². The predicted molar refractivity (Wildman–Crippen MR) is 47.8 cm³/mol. The molecule has 2 N–H and O–H groups in total. The third-order valence-electron chi connectivity index (χ3n) is 2.01. The van der Waals surface area contributed by atoms with E-state index in [4.69, 9.17) is 5.73 Å². The molecule has 0 fully saturated rings. The smallest absolute Gasteiger partial charge is 0.137 e. The minimum atomic E-state index is 0.534. The van der Waals surface area contributed by atoms with Gasteiger partial charge < -0.3 is 10.1 Å². The number of nitrogens with zero attached hydrogens (tertiary/aromatic N) is 2. The van der Waals surface area contributed by atoms with Crippen LogP contribution in [-0.2, 0) is 6.54 Å². The predicted octanol–water partition coefficient (Wildman–Crippen LogP) is 1.10. The van der Waals surface area contributed by atoms with Gasteiger partial charge in [0.15, 0.2) is 0 Å². The third-order valence-corrected chi connectivity index (χ3v) is 2.01. The van der Waals surface area contributed by atoms with Crippen molar-refractivity contribution in [2.24, 2.45) is 5.73 Å². The lowest BCUT2D eigenvalue weighted by Gasteiger charge is -2.01. The van der Waals surface area contributed by atoms with Crippen LogP contribution in [0.3, 0.4) is 0 Å². The molecule has 0 unspecified atom stereocenters. The summed E-state index contributed by atoms with van der Waals surface area (Å²) in [5, 5.41) is 0. The van der Waals surface area contributed by atoms with Gasteiger partial charge in [-0.3, -0.25) is 0 Å². The maximum absolute atomic E-state index is 5.57. The lowest BCUT2D eigenvalue weighted by Crippen LogP contribution is -2.02. The second-order valence-corrected chi connectivity index (χ2v) is 2.81. The zero-order valence-corrected chi connectivity index (χ0v) is 6.99. The van der Waals surface area contributed by atoms with Crippen molar-refractivity contribution in [3.05, 3.63) is 35.8 Å². The first-order valence-corrected chi connectivity index (χ1v) is 3.95. The van der Waals surface area contributed by atoms with Crippen LogP contribution in [0.2, 0.25) is 0 Å². The Morgan fingerprint density at radius 2 is 2.33 bits per heavy atom. The lowest BCUT2D eigenvalue weighted by molar-refractivity contribution is 0.933. The normalized spacial score (nSPS) is 10.8. The van der Waals surface area contributed by atoms with Crippen molar-refractivity contribution < 1.29 is 0 Å². The maximum atomic E-state index is 5.57. The van der Waals surface area contributed by atoms with Gasteiger partial charge in [-0.2, -0.15) is 0 Å². The Morgan fingerprint density at radius 1 is 1.50 bits per heavy atom. The Morgan fingerprint density at radius 3 is 3.08 bits per heavy atom. The molecular formula is C9H11N3. The van der Waals surface area contributed by atoms with Crippen LogP contribution in [0, 0.1) is 6.92 Å². The van der Waals surface area contributed by atoms with Gasteiger partial charge in [0.2, 0.25) is 0 Å². The number of aromatic nitrogens is 2. The molecule has 2 heterocycles. The molecule has 0 atom stereocenters. The molecule has 0 saturated carbocycles. The molecule has 2 aromatic heterocycles. The van der Waals surface area contributed by atoms with Gasteiger partial charge in [-0.25, -0.2) is 4.98 Å². The first-order valence-electron chi connectivity index (χ1n) is 3.95. The van der Waals surface area contributed by atoms with Crippen molar-refractivity contribution in [1.29, 1.82) is 0 Å². The van der Waals surface area contributed by atoms with Gasteiger partial charge in [0, 0.05) is 12.2 Å². The molecule has 0 spiro atoms. The van der Waals surface area contributed by atoms with Crippen molar-refractivity contribution in [3.8, 4) is 0 Å². The molecule has 0 aliphatic carbocycles. The highest BCUT2D eigenvalue weighted by atomic mass is 15.0. The van der Waals surface area contributed by atoms with Gasteiger partial charge in [-0.05, 0) is 19.1 Å². The fourth-order valence-electron chi connectivity index (χ4n) is 1.42. The Labute approximate surface area is 70.8 Å². The van der Waals surface area contributed by atoms with Crippen molar-refractivity contribution in [1.82, 2.24) is 9.38 Å². The summed E-state index contributed by atoms with van der Waals surface area (Å²) in [7, 11) is 0. The standard InChI is InChI=1S/C9H11N3/c1-7-3-2-4-9-11-6-8(5-10)12(7)9/h2-4,6H,5,10H2,1H3. The minimum absolute atomic E-state index is 0.534. The number of imidazole rings is 1. The molecule has 0 aliphatic rings. The van der Waals surface area contributed by atoms with Crippen LogP contribution in [0.1, 0.15) is 11.4 Å². The monoisotopic (exact) mass is 161 g/mol. The molecule has 2 rings (SSSR count). The summed E-state index contributed by atoms with van der Waals surface area (Å²) in [6.45, 7) is 2.58. The fourth-order valence-corrected chi connectivity index (χ4v) is 1.42. The zero-order valence-electron chi connectivity index (χ0n) is 6.99. The van der Waals surface area contributed by atoms with E-state index in [1.807, 2.05) is 31.3 Å². The van der Waals surface area contributed by atoms with Crippen LogP contribution in [-0.4, -0.2) is 9.38 Å². The zero-order chi connectivity index (χ0) is 8.55. The van der Waals surface area contributed by atoms with E-state index in [2.05, 4.69) is 9.38 Å². The highest BCUT2D eigenvalue weighted by molar-refractivity contribution is 5.42. The average Bonchev–Trinajstić information content (AvgIpc) is 2.49. The van der Waals surface area contributed by atoms with Crippen LogP contribution >= 0.6 is 0 Å². The number of aryl methyl sites for hydroxylation is 1. The molecule has 3 nitrogen and oxygen atoms in total. The molecule has 0 aromatic carbocycles. The van der Waals surface area contributed by atoms with Gasteiger partial charge >= 0.3 is 0 Å². The summed E-state index contributed by atoms with van der Waals surface area (Å²) >= 11 is 0. The van der Waals surface area contributed by atoms with Gasteiger partial charge in [0.25, 0.3) is 0 Å². The molecule has 3 heteroatoms. The van der Waals surface area contributed by atoms with E-state index in [0.29, 0.717) is 6.54 Å². The topological polar surface area (TPSA) is 43.3 Å². The van der Waals surface area contributed by atoms with Crippen molar-refractivity contribution in [2.75, 3.05) is 0 Å². The molecule has 0 amide bonds.